The minimum absolute atomic E-state index is 0.0244. The molecule has 0 spiro atoms. The molecule has 1 aliphatic heterocycles. The minimum Gasteiger partial charge on any atom is -0.337 e. The van der Waals surface area contributed by atoms with E-state index in [0.29, 0.717) is 22.3 Å². The van der Waals surface area contributed by atoms with E-state index in [1.165, 1.54) is 36.3 Å². The number of carbonyl (C=O) groups excluding carboxylic acids is 1. The molecule has 1 saturated heterocycles. The molecule has 2 aliphatic rings. The van der Waals surface area contributed by atoms with Crippen LogP contribution in [0.1, 0.15) is 36.2 Å². The minimum atomic E-state index is -0.426. The predicted molar refractivity (Wildman–Crippen MR) is 104 cm³/mol. The zero-order chi connectivity index (χ0) is 18.8. The van der Waals surface area contributed by atoms with E-state index in [2.05, 4.69) is 10.3 Å². The zero-order valence-corrected chi connectivity index (χ0v) is 15.8. The quantitative estimate of drug-likeness (QED) is 0.608. The molecule has 0 unspecified atom stereocenters. The van der Waals surface area contributed by atoms with E-state index in [1.807, 2.05) is 4.90 Å². The second-order valence-corrected chi connectivity index (χ2v) is 8.12. The van der Waals surface area contributed by atoms with Gasteiger partial charge in [-0.15, -0.1) is 11.3 Å². The molecule has 2 heterocycles. The first-order valence-electron chi connectivity index (χ1n) is 9.33. The lowest BCUT2D eigenvalue weighted by molar-refractivity contribution is -0.384. The van der Waals surface area contributed by atoms with Gasteiger partial charge in [-0.05, 0) is 38.1 Å². The molecule has 1 aromatic carbocycles. The summed E-state index contributed by atoms with van der Waals surface area (Å²) in [6.45, 7) is 2.59. The van der Waals surface area contributed by atoms with Crippen LogP contribution in [0.15, 0.2) is 29.6 Å². The van der Waals surface area contributed by atoms with E-state index < -0.39 is 4.92 Å². The van der Waals surface area contributed by atoms with E-state index in [-0.39, 0.29) is 11.6 Å². The summed E-state index contributed by atoms with van der Waals surface area (Å²) in [7, 11) is 0. The number of thiazole rings is 1. The van der Waals surface area contributed by atoms with Crippen LogP contribution in [0, 0.1) is 16.0 Å². The van der Waals surface area contributed by atoms with Crippen LogP contribution in [0.2, 0.25) is 0 Å². The molecular formula is C19H22N4O3S. The molecule has 1 N–H and O–H groups in total. The summed E-state index contributed by atoms with van der Waals surface area (Å²) in [5, 5.41) is 16.9. The molecule has 1 aromatic heterocycles. The van der Waals surface area contributed by atoms with Crippen molar-refractivity contribution in [2.24, 2.45) is 5.92 Å². The van der Waals surface area contributed by atoms with Crippen LogP contribution in [-0.2, 0) is 0 Å². The van der Waals surface area contributed by atoms with Gasteiger partial charge in [0.15, 0.2) is 0 Å². The predicted octanol–water partition coefficient (Wildman–Crippen LogP) is 3.32. The zero-order valence-electron chi connectivity index (χ0n) is 15.0. The highest BCUT2D eigenvalue weighted by molar-refractivity contribution is 7.13. The lowest BCUT2D eigenvalue weighted by Gasteiger charge is -2.32. The van der Waals surface area contributed by atoms with Crippen molar-refractivity contribution >= 4 is 22.9 Å². The van der Waals surface area contributed by atoms with Crippen molar-refractivity contribution in [3.05, 3.63) is 45.5 Å². The molecule has 4 rings (SSSR count). The van der Waals surface area contributed by atoms with Gasteiger partial charge in [-0.2, -0.15) is 0 Å². The fourth-order valence-corrected chi connectivity index (χ4v) is 4.15. The van der Waals surface area contributed by atoms with Gasteiger partial charge in [-0.1, -0.05) is 12.1 Å². The van der Waals surface area contributed by atoms with Crippen molar-refractivity contribution in [3.63, 3.8) is 0 Å². The maximum absolute atomic E-state index is 12.7. The number of aromatic nitrogens is 1. The van der Waals surface area contributed by atoms with Crippen LogP contribution in [-0.4, -0.2) is 46.4 Å². The van der Waals surface area contributed by atoms with E-state index in [1.54, 1.807) is 17.5 Å². The van der Waals surface area contributed by atoms with E-state index >= 15 is 0 Å². The van der Waals surface area contributed by atoms with Crippen molar-refractivity contribution in [1.82, 2.24) is 15.2 Å². The smallest absolute Gasteiger partial charge is 0.273 e. The highest BCUT2D eigenvalue weighted by Crippen LogP contribution is 2.29. The Hall–Kier alpha value is -2.32. The number of carbonyl (C=O) groups is 1. The van der Waals surface area contributed by atoms with Crippen LogP contribution in [0.25, 0.3) is 10.6 Å². The van der Waals surface area contributed by atoms with Crippen molar-refractivity contribution < 1.29 is 9.72 Å². The fraction of sp³-hybridized carbons (Fsp3) is 0.474. The van der Waals surface area contributed by atoms with E-state index in [4.69, 9.17) is 0 Å². The number of non-ortho nitro benzene ring substituents is 1. The van der Waals surface area contributed by atoms with Crippen LogP contribution in [0.5, 0.6) is 0 Å². The molecule has 1 amide bonds. The molecule has 0 bridgehead atoms. The van der Waals surface area contributed by atoms with E-state index in [0.717, 1.165) is 38.4 Å². The Balaban J connectivity index is 1.37. The summed E-state index contributed by atoms with van der Waals surface area (Å²) in [5.41, 5.74) is 1.11. The van der Waals surface area contributed by atoms with Crippen molar-refractivity contribution in [3.8, 4) is 10.6 Å². The lowest BCUT2D eigenvalue weighted by atomic mass is 10.0. The van der Waals surface area contributed by atoms with Gasteiger partial charge in [0.2, 0.25) is 0 Å². The number of hydrogen-bond donors (Lipinski definition) is 1. The molecular weight excluding hydrogens is 364 g/mol. The standard InChI is InChI=1S/C19H22N4O3S/c24-19(22-8-6-15(7-9-22)20-11-13-4-5-13)17-12-27-18(21-17)14-2-1-3-16(10-14)23(25)26/h1-3,10,12-13,15,20H,4-9,11H2. The fourth-order valence-electron chi connectivity index (χ4n) is 3.36. The Labute approximate surface area is 161 Å². The number of hydrogen-bond acceptors (Lipinski definition) is 6. The lowest BCUT2D eigenvalue weighted by Crippen LogP contribution is -2.45. The molecule has 2 aromatic rings. The average molecular weight is 386 g/mol. The third-order valence-corrected chi connectivity index (χ3v) is 6.09. The van der Waals surface area contributed by atoms with Gasteiger partial charge < -0.3 is 10.2 Å². The molecule has 142 valence electrons. The second kappa shape index (κ2) is 7.74. The monoisotopic (exact) mass is 386 g/mol. The maximum atomic E-state index is 12.7. The SMILES string of the molecule is O=C(c1csc(-c2cccc([N+](=O)[O-])c2)n1)N1CCC(NCC2CC2)CC1. The van der Waals surface area contributed by atoms with Crippen LogP contribution >= 0.6 is 11.3 Å². The Bertz CT molecular complexity index is 841. The largest absolute Gasteiger partial charge is 0.337 e. The number of benzene rings is 1. The third-order valence-electron chi connectivity index (χ3n) is 5.20. The van der Waals surface area contributed by atoms with Gasteiger partial charge in [0, 0.05) is 42.2 Å². The van der Waals surface area contributed by atoms with E-state index in [9.17, 15) is 14.9 Å². The number of nitro groups is 1. The summed E-state index contributed by atoms with van der Waals surface area (Å²) in [5.74, 6) is 0.815. The maximum Gasteiger partial charge on any atom is 0.273 e. The van der Waals surface area contributed by atoms with Gasteiger partial charge in [0.05, 0.1) is 4.92 Å². The summed E-state index contributed by atoms with van der Waals surface area (Å²) in [4.78, 5) is 29.6. The number of amides is 1. The third kappa shape index (κ3) is 4.33. The Kier molecular flexibility index (Phi) is 5.18. The Morgan fingerprint density at radius 1 is 1.30 bits per heavy atom. The van der Waals surface area contributed by atoms with Gasteiger partial charge in [-0.25, -0.2) is 4.98 Å². The summed E-state index contributed by atoms with van der Waals surface area (Å²) >= 11 is 1.34. The first-order chi connectivity index (χ1) is 13.1. The second-order valence-electron chi connectivity index (χ2n) is 7.26. The van der Waals surface area contributed by atoms with Crippen molar-refractivity contribution in [1.29, 1.82) is 0 Å². The van der Waals surface area contributed by atoms with Gasteiger partial charge >= 0.3 is 0 Å². The number of nitrogens with zero attached hydrogens (tertiary/aromatic N) is 3. The van der Waals surface area contributed by atoms with Crippen molar-refractivity contribution in [2.75, 3.05) is 19.6 Å². The summed E-state index contributed by atoms with van der Waals surface area (Å²) in [6.07, 6.45) is 4.64. The normalized spacial score (nSPS) is 17.9. The van der Waals surface area contributed by atoms with Crippen LogP contribution < -0.4 is 5.32 Å². The first kappa shape index (κ1) is 18.1. The van der Waals surface area contributed by atoms with Crippen LogP contribution in [0.3, 0.4) is 0 Å². The highest BCUT2D eigenvalue weighted by atomic mass is 32.1. The first-order valence-corrected chi connectivity index (χ1v) is 10.2. The molecule has 7 nitrogen and oxygen atoms in total. The molecule has 1 saturated carbocycles. The number of nitro benzene ring substituents is 1. The highest BCUT2D eigenvalue weighted by Gasteiger charge is 2.27. The van der Waals surface area contributed by atoms with Gasteiger partial charge in [0.25, 0.3) is 11.6 Å². The number of likely N-dealkylation sites (tertiary alicyclic amines) is 1. The Morgan fingerprint density at radius 3 is 2.78 bits per heavy atom. The molecule has 0 radical (unpaired) electrons. The van der Waals surface area contributed by atoms with Gasteiger partial charge in [0.1, 0.15) is 10.7 Å². The topological polar surface area (TPSA) is 88.4 Å². The molecule has 8 heteroatoms. The molecule has 0 atom stereocenters. The van der Waals surface area contributed by atoms with Crippen LogP contribution in [0.4, 0.5) is 5.69 Å². The number of rotatable bonds is 6. The number of piperidine rings is 1. The van der Waals surface area contributed by atoms with Gasteiger partial charge in [-0.3, -0.25) is 14.9 Å². The Morgan fingerprint density at radius 2 is 2.07 bits per heavy atom. The molecule has 27 heavy (non-hydrogen) atoms. The molecule has 1 aliphatic carbocycles. The average Bonchev–Trinajstić information content (AvgIpc) is 3.40. The summed E-state index contributed by atoms with van der Waals surface area (Å²) < 4.78 is 0. The number of nitrogens with one attached hydrogen (secondary N) is 1. The summed E-state index contributed by atoms with van der Waals surface area (Å²) in [6, 6.07) is 6.85. The van der Waals surface area contributed by atoms with Crippen molar-refractivity contribution in [2.45, 2.75) is 31.7 Å². The molecule has 2 fully saturated rings.